The first-order chi connectivity index (χ1) is 7.24. The lowest BCUT2D eigenvalue weighted by Crippen LogP contribution is -2.45. The molecule has 1 heterocycles. The second-order valence-electron chi connectivity index (χ2n) is 4.05. The van der Waals surface area contributed by atoms with Gasteiger partial charge in [-0.1, -0.05) is 32.6 Å². The normalized spacial score (nSPS) is 26.5. The molecule has 1 aliphatic heterocycles. The lowest BCUT2D eigenvalue weighted by atomic mass is 10.1. The first-order valence-corrected chi connectivity index (χ1v) is 6.89. The van der Waals surface area contributed by atoms with Gasteiger partial charge in [0.25, 0.3) is 0 Å². The Balaban J connectivity index is 2.15. The number of hydrogen-bond acceptors (Lipinski definition) is 3. The zero-order chi connectivity index (χ0) is 11.1. The molecule has 1 fully saturated rings. The highest BCUT2D eigenvalue weighted by molar-refractivity contribution is 7.99. The molecule has 1 rings (SSSR count). The summed E-state index contributed by atoms with van der Waals surface area (Å²) < 4.78 is 0. The fourth-order valence-electron chi connectivity index (χ4n) is 1.80. The number of nitrogens with one attached hydrogen (secondary N) is 1. The average Bonchev–Trinajstić information content (AvgIpc) is 2.25. The minimum Gasteiger partial charge on any atom is -0.480 e. The van der Waals surface area contributed by atoms with E-state index in [1.54, 1.807) is 0 Å². The van der Waals surface area contributed by atoms with Gasteiger partial charge >= 0.3 is 5.97 Å². The molecule has 88 valence electrons. The molecule has 0 aliphatic carbocycles. The average molecular weight is 231 g/mol. The Hall–Kier alpha value is -0.220. The highest BCUT2D eigenvalue weighted by Crippen LogP contribution is 2.22. The number of rotatable bonds is 6. The van der Waals surface area contributed by atoms with Gasteiger partial charge in [-0.05, 0) is 18.6 Å². The molecule has 0 spiro atoms. The number of carboxylic acids is 1. The van der Waals surface area contributed by atoms with Gasteiger partial charge in [-0.25, -0.2) is 0 Å². The van der Waals surface area contributed by atoms with Crippen LogP contribution in [-0.4, -0.2) is 28.2 Å². The van der Waals surface area contributed by atoms with E-state index >= 15 is 0 Å². The van der Waals surface area contributed by atoms with Crippen LogP contribution >= 0.6 is 11.8 Å². The van der Waals surface area contributed by atoms with Gasteiger partial charge < -0.3 is 5.11 Å². The van der Waals surface area contributed by atoms with E-state index in [1.165, 1.54) is 25.7 Å². The highest BCUT2D eigenvalue weighted by atomic mass is 32.2. The van der Waals surface area contributed by atoms with E-state index in [0.29, 0.717) is 5.37 Å². The van der Waals surface area contributed by atoms with Gasteiger partial charge in [0, 0.05) is 0 Å². The standard InChI is InChI=1S/C11H21NO2S/c1-2-3-4-5-6-10-12-9(11(13)14)7-8-15-10/h9-10,12H,2-8H2,1H3,(H,13,14). The van der Waals surface area contributed by atoms with Crippen LogP contribution in [0, 0.1) is 0 Å². The van der Waals surface area contributed by atoms with Crippen molar-refractivity contribution in [1.29, 1.82) is 0 Å². The fourth-order valence-corrected chi connectivity index (χ4v) is 3.05. The van der Waals surface area contributed by atoms with Gasteiger partial charge in [0.2, 0.25) is 0 Å². The summed E-state index contributed by atoms with van der Waals surface area (Å²) in [6.45, 7) is 2.20. The predicted molar refractivity (Wildman–Crippen MR) is 64.2 cm³/mol. The lowest BCUT2D eigenvalue weighted by Gasteiger charge is -2.28. The number of thioether (sulfide) groups is 1. The number of hydrogen-bond donors (Lipinski definition) is 2. The van der Waals surface area contributed by atoms with Crippen molar-refractivity contribution in [3.8, 4) is 0 Å². The van der Waals surface area contributed by atoms with Crippen LogP contribution in [0.4, 0.5) is 0 Å². The number of carbonyl (C=O) groups is 1. The molecule has 0 radical (unpaired) electrons. The first-order valence-electron chi connectivity index (χ1n) is 5.84. The molecule has 0 aromatic carbocycles. The predicted octanol–water partition coefficient (Wildman–Crippen LogP) is 2.46. The summed E-state index contributed by atoms with van der Waals surface area (Å²) in [7, 11) is 0. The van der Waals surface area contributed by atoms with E-state index in [-0.39, 0.29) is 6.04 Å². The third-order valence-corrected chi connectivity index (χ3v) is 3.98. The molecule has 1 aliphatic rings. The van der Waals surface area contributed by atoms with Crippen molar-refractivity contribution < 1.29 is 9.90 Å². The quantitative estimate of drug-likeness (QED) is 0.689. The molecule has 0 saturated carbocycles. The zero-order valence-electron chi connectivity index (χ0n) is 9.37. The molecule has 0 aromatic rings. The van der Waals surface area contributed by atoms with Gasteiger partial charge in [-0.15, -0.1) is 11.8 Å². The van der Waals surface area contributed by atoms with Gasteiger partial charge in [-0.2, -0.15) is 0 Å². The Morgan fingerprint density at radius 1 is 1.47 bits per heavy atom. The number of carboxylic acid groups (broad SMARTS) is 1. The summed E-state index contributed by atoms with van der Waals surface area (Å²) in [5.41, 5.74) is 0. The van der Waals surface area contributed by atoms with E-state index < -0.39 is 5.97 Å². The zero-order valence-corrected chi connectivity index (χ0v) is 10.2. The third-order valence-electron chi connectivity index (χ3n) is 2.73. The van der Waals surface area contributed by atoms with Gasteiger partial charge in [0.15, 0.2) is 0 Å². The molecular weight excluding hydrogens is 210 g/mol. The van der Waals surface area contributed by atoms with E-state index in [1.807, 2.05) is 11.8 Å². The van der Waals surface area contributed by atoms with Gasteiger partial charge in [-0.3, -0.25) is 10.1 Å². The minimum absolute atomic E-state index is 0.317. The monoisotopic (exact) mass is 231 g/mol. The minimum atomic E-state index is -0.700. The van der Waals surface area contributed by atoms with Crippen LogP contribution in [0.25, 0.3) is 0 Å². The van der Waals surface area contributed by atoms with Crippen molar-refractivity contribution in [2.75, 3.05) is 5.75 Å². The Kier molecular flexibility index (Phi) is 6.10. The van der Waals surface area contributed by atoms with Crippen molar-refractivity contribution in [3.05, 3.63) is 0 Å². The van der Waals surface area contributed by atoms with E-state index in [9.17, 15) is 4.79 Å². The molecule has 3 nitrogen and oxygen atoms in total. The van der Waals surface area contributed by atoms with Crippen LogP contribution in [0.1, 0.15) is 45.4 Å². The molecule has 2 unspecified atom stereocenters. The van der Waals surface area contributed by atoms with E-state index in [2.05, 4.69) is 12.2 Å². The van der Waals surface area contributed by atoms with Crippen molar-refractivity contribution in [2.24, 2.45) is 0 Å². The molecule has 15 heavy (non-hydrogen) atoms. The molecule has 1 saturated heterocycles. The molecule has 2 N–H and O–H groups in total. The van der Waals surface area contributed by atoms with E-state index in [4.69, 9.17) is 5.11 Å². The summed E-state index contributed by atoms with van der Waals surface area (Å²) in [6, 6.07) is -0.317. The maximum Gasteiger partial charge on any atom is 0.320 e. The third kappa shape index (κ3) is 4.89. The Bertz CT molecular complexity index is 199. The molecular formula is C11H21NO2S. The smallest absolute Gasteiger partial charge is 0.320 e. The second kappa shape index (κ2) is 7.12. The molecule has 2 atom stereocenters. The Morgan fingerprint density at radius 3 is 2.93 bits per heavy atom. The van der Waals surface area contributed by atoms with E-state index in [0.717, 1.165) is 18.6 Å². The van der Waals surface area contributed by atoms with Crippen LogP contribution in [0.2, 0.25) is 0 Å². The summed E-state index contributed by atoms with van der Waals surface area (Å²) in [4.78, 5) is 10.8. The van der Waals surface area contributed by atoms with Crippen LogP contribution in [0.5, 0.6) is 0 Å². The van der Waals surface area contributed by atoms with Crippen LogP contribution in [-0.2, 0) is 4.79 Å². The maximum absolute atomic E-state index is 10.8. The van der Waals surface area contributed by atoms with Crippen molar-refractivity contribution in [3.63, 3.8) is 0 Å². The maximum atomic E-state index is 10.8. The highest BCUT2D eigenvalue weighted by Gasteiger charge is 2.25. The first kappa shape index (κ1) is 12.8. The molecule has 0 amide bonds. The molecule has 0 aromatic heterocycles. The van der Waals surface area contributed by atoms with Crippen molar-refractivity contribution >= 4 is 17.7 Å². The topological polar surface area (TPSA) is 49.3 Å². The van der Waals surface area contributed by atoms with Crippen LogP contribution in [0.3, 0.4) is 0 Å². The SMILES string of the molecule is CCCCCCC1NC(C(=O)O)CCS1. The number of unbranched alkanes of at least 4 members (excludes halogenated alkanes) is 3. The van der Waals surface area contributed by atoms with Crippen LogP contribution in [0.15, 0.2) is 0 Å². The van der Waals surface area contributed by atoms with Crippen molar-refractivity contribution in [1.82, 2.24) is 5.32 Å². The lowest BCUT2D eigenvalue weighted by molar-refractivity contribution is -0.139. The second-order valence-corrected chi connectivity index (χ2v) is 5.37. The fraction of sp³-hybridized carbons (Fsp3) is 0.909. The summed E-state index contributed by atoms with van der Waals surface area (Å²) in [5, 5.41) is 12.4. The Morgan fingerprint density at radius 2 is 2.27 bits per heavy atom. The number of aliphatic carboxylic acids is 1. The van der Waals surface area contributed by atoms with Crippen molar-refractivity contribution in [2.45, 2.75) is 56.9 Å². The van der Waals surface area contributed by atoms with Gasteiger partial charge in [0.1, 0.15) is 6.04 Å². The van der Waals surface area contributed by atoms with Gasteiger partial charge in [0.05, 0.1) is 5.37 Å². The molecule has 0 bridgehead atoms. The Labute approximate surface area is 96.0 Å². The summed E-state index contributed by atoms with van der Waals surface area (Å²) >= 11 is 1.87. The summed E-state index contributed by atoms with van der Waals surface area (Å²) in [6.07, 6.45) is 6.89. The van der Waals surface area contributed by atoms with Crippen LogP contribution < -0.4 is 5.32 Å². The largest absolute Gasteiger partial charge is 0.480 e. The summed E-state index contributed by atoms with van der Waals surface area (Å²) in [5.74, 6) is 0.274. The molecule has 4 heteroatoms.